The van der Waals surface area contributed by atoms with Crippen LogP contribution in [-0.4, -0.2) is 38.5 Å². The van der Waals surface area contributed by atoms with Gasteiger partial charge in [0.2, 0.25) is 0 Å². The third-order valence-electron chi connectivity index (χ3n) is 4.31. The van der Waals surface area contributed by atoms with Gasteiger partial charge in [0.05, 0.1) is 23.7 Å². The molecule has 0 unspecified atom stereocenters. The Morgan fingerprint density at radius 1 is 1.03 bits per heavy atom. The first-order chi connectivity index (χ1) is 13.9. The van der Waals surface area contributed by atoms with Gasteiger partial charge in [0.15, 0.2) is 0 Å². The fraction of sp³-hybridized carbons (Fsp3) is 0.286. The molecule has 8 heteroatoms. The van der Waals surface area contributed by atoms with Crippen LogP contribution in [0.25, 0.3) is 0 Å². The number of anilines is 1. The topological polar surface area (TPSA) is 82.5 Å². The molecule has 29 heavy (non-hydrogen) atoms. The maximum atomic E-state index is 12.7. The van der Waals surface area contributed by atoms with Gasteiger partial charge < -0.3 is 9.47 Å². The lowest BCUT2D eigenvalue weighted by molar-refractivity contribution is 0.146. The van der Waals surface area contributed by atoms with Crippen molar-refractivity contribution in [3.8, 4) is 5.75 Å². The Morgan fingerprint density at radius 2 is 1.79 bits per heavy atom. The van der Waals surface area contributed by atoms with E-state index >= 15 is 0 Å². The van der Waals surface area contributed by atoms with E-state index in [1.54, 1.807) is 25.3 Å². The number of rotatable bonds is 9. The second-order valence-corrected chi connectivity index (χ2v) is 8.39. The molecule has 0 spiro atoms. The molecule has 2 aromatic carbocycles. The molecule has 0 fully saturated rings. The van der Waals surface area contributed by atoms with Gasteiger partial charge in [0.1, 0.15) is 12.4 Å². The molecule has 3 aromatic rings. The van der Waals surface area contributed by atoms with Crippen LogP contribution in [0.1, 0.15) is 17.0 Å². The summed E-state index contributed by atoms with van der Waals surface area (Å²) in [5.41, 5.74) is 3.47. The molecule has 1 N–H and O–H groups in total. The summed E-state index contributed by atoms with van der Waals surface area (Å²) in [6, 6.07) is 15.6. The average Bonchev–Trinajstić information content (AvgIpc) is 2.99. The van der Waals surface area contributed by atoms with E-state index in [9.17, 15) is 8.42 Å². The second kappa shape index (κ2) is 9.11. The van der Waals surface area contributed by atoms with Gasteiger partial charge in [-0.25, -0.2) is 8.42 Å². The molecule has 0 aliphatic carbocycles. The molecule has 0 radical (unpaired) electrons. The number of hydrogen-bond acceptors (Lipinski definition) is 5. The zero-order chi connectivity index (χ0) is 20.9. The van der Waals surface area contributed by atoms with Gasteiger partial charge in [0.25, 0.3) is 10.0 Å². The van der Waals surface area contributed by atoms with Crippen LogP contribution in [0.15, 0.2) is 59.5 Å². The van der Waals surface area contributed by atoms with Gasteiger partial charge in [-0.1, -0.05) is 12.1 Å². The SMILES string of the molecule is COCCOc1ccc(S(=O)(=O)Nc2cccc(Cn3nc(C)cc3C)c2)cc1. The fourth-order valence-electron chi connectivity index (χ4n) is 2.91. The second-order valence-electron chi connectivity index (χ2n) is 6.70. The van der Waals surface area contributed by atoms with Crippen molar-refractivity contribution in [3.63, 3.8) is 0 Å². The first-order valence-corrected chi connectivity index (χ1v) is 10.7. The molecular weight excluding hydrogens is 390 g/mol. The number of hydrogen-bond donors (Lipinski definition) is 1. The van der Waals surface area contributed by atoms with Crippen molar-refractivity contribution in [1.82, 2.24) is 9.78 Å². The third kappa shape index (κ3) is 5.58. The Bertz CT molecular complexity index is 1060. The summed E-state index contributed by atoms with van der Waals surface area (Å²) in [6.45, 7) is 5.39. The Hall–Kier alpha value is -2.84. The highest BCUT2D eigenvalue weighted by atomic mass is 32.2. The standard InChI is InChI=1S/C21H25N3O4S/c1-16-13-17(2)24(22-16)15-18-5-4-6-19(14-18)23-29(25,26)21-9-7-20(8-10-21)28-12-11-27-3/h4-10,13-14,23H,11-12,15H2,1-3H3. The third-order valence-corrected chi connectivity index (χ3v) is 5.70. The molecule has 0 amide bonds. The van der Waals surface area contributed by atoms with Gasteiger partial charge in [-0.15, -0.1) is 0 Å². The quantitative estimate of drug-likeness (QED) is 0.542. The maximum Gasteiger partial charge on any atom is 0.261 e. The molecule has 0 saturated carbocycles. The summed E-state index contributed by atoms with van der Waals surface area (Å²) in [6.07, 6.45) is 0. The van der Waals surface area contributed by atoms with E-state index in [0.717, 1.165) is 17.0 Å². The van der Waals surface area contributed by atoms with Gasteiger partial charge >= 0.3 is 0 Å². The van der Waals surface area contributed by atoms with Crippen LogP contribution in [-0.2, 0) is 21.3 Å². The molecule has 0 bridgehead atoms. The largest absolute Gasteiger partial charge is 0.491 e. The van der Waals surface area contributed by atoms with E-state index in [1.807, 2.05) is 42.8 Å². The zero-order valence-corrected chi connectivity index (χ0v) is 17.6. The Balaban J connectivity index is 1.70. The number of nitrogens with one attached hydrogen (secondary N) is 1. The zero-order valence-electron chi connectivity index (χ0n) is 16.8. The maximum absolute atomic E-state index is 12.7. The van der Waals surface area contributed by atoms with Crippen LogP contribution in [0, 0.1) is 13.8 Å². The summed E-state index contributed by atoms with van der Waals surface area (Å²) in [5, 5.41) is 4.45. The molecule has 154 valence electrons. The van der Waals surface area contributed by atoms with Crippen molar-refractivity contribution >= 4 is 15.7 Å². The predicted molar refractivity (Wildman–Crippen MR) is 112 cm³/mol. The molecule has 7 nitrogen and oxygen atoms in total. The molecule has 0 aliphatic heterocycles. The highest BCUT2D eigenvalue weighted by molar-refractivity contribution is 7.92. The minimum Gasteiger partial charge on any atom is -0.491 e. The summed E-state index contributed by atoms with van der Waals surface area (Å²) in [7, 11) is -2.11. The lowest BCUT2D eigenvalue weighted by Gasteiger charge is -2.11. The van der Waals surface area contributed by atoms with E-state index in [1.165, 1.54) is 12.1 Å². The number of aromatic nitrogens is 2. The predicted octanol–water partition coefficient (Wildman–Crippen LogP) is 3.37. The van der Waals surface area contributed by atoms with Crippen molar-refractivity contribution in [3.05, 3.63) is 71.5 Å². The van der Waals surface area contributed by atoms with Crippen LogP contribution in [0.4, 0.5) is 5.69 Å². The summed E-state index contributed by atoms with van der Waals surface area (Å²) in [4.78, 5) is 0.167. The summed E-state index contributed by atoms with van der Waals surface area (Å²) >= 11 is 0. The van der Waals surface area contributed by atoms with E-state index in [-0.39, 0.29) is 4.90 Å². The molecule has 0 saturated heterocycles. The number of nitrogens with zero attached hydrogens (tertiary/aromatic N) is 2. The molecule has 1 heterocycles. The number of methoxy groups -OCH3 is 1. The molecule has 3 rings (SSSR count). The van der Waals surface area contributed by atoms with Crippen LogP contribution in [0.2, 0.25) is 0 Å². The highest BCUT2D eigenvalue weighted by Gasteiger charge is 2.14. The van der Waals surface area contributed by atoms with Gasteiger partial charge in [-0.05, 0) is 61.9 Å². The van der Waals surface area contributed by atoms with E-state index in [4.69, 9.17) is 9.47 Å². The number of ether oxygens (including phenoxy) is 2. The van der Waals surface area contributed by atoms with Crippen molar-refractivity contribution in [1.29, 1.82) is 0 Å². The van der Waals surface area contributed by atoms with Gasteiger partial charge in [-0.3, -0.25) is 9.40 Å². The van der Waals surface area contributed by atoms with Crippen LogP contribution < -0.4 is 9.46 Å². The summed E-state index contributed by atoms with van der Waals surface area (Å²) in [5.74, 6) is 0.591. The lowest BCUT2D eigenvalue weighted by atomic mass is 10.2. The van der Waals surface area contributed by atoms with Crippen molar-refractivity contribution in [2.24, 2.45) is 0 Å². The lowest BCUT2D eigenvalue weighted by Crippen LogP contribution is -2.13. The Kier molecular flexibility index (Phi) is 6.56. The van der Waals surface area contributed by atoms with Gasteiger partial charge in [0, 0.05) is 18.5 Å². The smallest absolute Gasteiger partial charge is 0.261 e. The van der Waals surface area contributed by atoms with Crippen LogP contribution in [0.3, 0.4) is 0 Å². The van der Waals surface area contributed by atoms with Crippen molar-refractivity contribution < 1.29 is 17.9 Å². The minimum atomic E-state index is -3.70. The highest BCUT2D eigenvalue weighted by Crippen LogP contribution is 2.20. The monoisotopic (exact) mass is 415 g/mol. The van der Waals surface area contributed by atoms with Gasteiger partial charge in [-0.2, -0.15) is 5.10 Å². The average molecular weight is 416 g/mol. The van der Waals surface area contributed by atoms with E-state index < -0.39 is 10.0 Å². The minimum absolute atomic E-state index is 0.167. The number of benzene rings is 2. The normalized spacial score (nSPS) is 11.4. The summed E-state index contributed by atoms with van der Waals surface area (Å²) < 4.78 is 40.3. The molecule has 1 aromatic heterocycles. The number of sulfonamides is 1. The first kappa shape index (κ1) is 20.9. The van der Waals surface area contributed by atoms with E-state index in [0.29, 0.717) is 31.2 Å². The van der Waals surface area contributed by atoms with E-state index in [2.05, 4.69) is 9.82 Å². The number of aryl methyl sites for hydroxylation is 2. The van der Waals surface area contributed by atoms with Crippen LogP contribution in [0.5, 0.6) is 5.75 Å². The fourth-order valence-corrected chi connectivity index (χ4v) is 3.96. The molecule has 0 atom stereocenters. The van der Waals surface area contributed by atoms with Crippen molar-refractivity contribution in [2.75, 3.05) is 25.0 Å². The van der Waals surface area contributed by atoms with Crippen LogP contribution >= 0.6 is 0 Å². The Labute approximate surface area is 171 Å². The Morgan fingerprint density at radius 3 is 2.45 bits per heavy atom. The molecule has 0 aliphatic rings. The van der Waals surface area contributed by atoms with Crippen molar-refractivity contribution in [2.45, 2.75) is 25.3 Å². The molecular formula is C21H25N3O4S. The first-order valence-electron chi connectivity index (χ1n) is 9.22.